The van der Waals surface area contributed by atoms with Crippen molar-refractivity contribution >= 4 is 18.5 Å². The van der Waals surface area contributed by atoms with Crippen molar-refractivity contribution in [2.75, 3.05) is 26.5 Å². The number of likely N-dealkylation sites (tertiary alicyclic amines) is 1. The Morgan fingerprint density at radius 1 is 1.06 bits per heavy atom. The smallest absolute Gasteiger partial charge is 0.225 e. The number of hydrogen-bond acceptors (Lipinski definition) is 3. The number of carbonyl (C=O) groups is 1. The predicted molar refractivity (Wildman–Crippen MR) is 120 cm³/mol. The molecule has 31 heavy (non-hydrogen) atoms. The molecule has 8 heteroatoms. The van der Waals surface area contributed by atoms with Crippen LogP contribution in [0.1, 0.15) is 19.8 Å². The molecule has 0 bridgehead atoms. The van der Waals surface area contributed by atoms with Crippen molar-refractivity contribution in [2.45, 2.75) is 25.8 Å². The maximum Gasteiger partial charge on any atom is 0.225 e. The molecule has 3 nitrogen and oxygen atoms in total. The first-order valence-electron chi connectivity index (χ1n) is 9.95. The molecule has 1 aliphatic carbocycles. The van der Waals surface area contributed by atoms with E-state index >= 15 is 0 Å². The van der Waals surface area contributed by atoms with Crippen LogP contribution in [0.2, 0.25) is 0 Å². The van der Waals surface area contributed by atoms with E-state index in [9.17, 15) is 22.4 Å². The molecular formula is C23H30F4N2OS. The van der Waals surface area contributed by atoms with Crippen LogP contribution in [0, 0.1) is 29.3 Å². The quantitative estimate of drug-likeness (QED) is 0.496. The molecule has 1 saturated carbocycles. The van der Waals surface area contributed by atoms with E-state index in [-0.39, 0.29) is 11.1 Å². The number of alkyl halides is 1. The highest BCUT2D eigenvalue weighted by molar-refractivity contribution is 7.79. The van der Waals surface area contributed by atoms with E-state index in [0.717, 1.165) is 37.6 Å². The van der Waals surface area contributed by atoms with Gasteiger partial charge in [0.15, 0.2) is 0 Å². The molecule has 2 aromatic carbocycles. The average Bonchev–Trinajstić information content (AvgIpc) is 3.61. The molecule has 1 heterocycles. The average molecular weight is 459 g/mol. The first kappa shape index (κ1) is 27.0. The Morgan fingerprint density at radius 3 is 2.06 bits per heavy atom. The first-order chi connectivity index (χ1) is 14.9. The zero-order valence-electron chi connectivity index (χ0n) is 18.0. The highest BCUT2D eigenvalue weighted by atomic mass is 32.1. The number of thiol groups is 1. The Bertz CT molecular complexity index is 813. The summed E-state index contributed by atoms with van der Waals surface area (Å²) in [4.78, 5) is 13.5. The number of nitrogens with zero attached hydrogens (tertiary/aromatic N) is 1. The summed E-state index contributed by atoms with van der Waals surface area (Å²) in [5.41, 5.74) is 5.58. The van der Waals surface area contributed by atoms with Crippen molar-refractivity contribution in [1.82, 2.24) is 4.90 Å². The van der Waals surface area contributed by atoms with Gasteiger partial charge in [-0.2, -0.15) is 12.6 Å². The van der Waals surface area contributed by atoms with Crippen LogP contribution in [-0.4, -0.2) is 43.4 Å². The highest BCUT2D eigenvalue weighted by Gasteiger charge is 2.43. The van der Waals surface area contributed by atoms with Gasteiger partial charge in [-0.25, -0.2) is 13.2 Å². The summed E-state index contributed by atoms with van der Waals surface area (Å²) in [5, 5.41) is 0. The summed E-state index contributed by atoms with van der Waals surface area (Å²) in [6.45, 7) is 3.71. The molecule has 4 rings (SSSR count). The van der Waals surface area contributed by atoms with Gasteiger partial charge in [0.2, 0.25) is 5.91 Å². The van der Waals surface area contributed by atoms with E-state index in [0.29, 0.717) is 37.5 Å². The molecule has 2 aromatic rings. The summed E-state index contributed by atoms with van der Waals surface area (Å²) in [6.07, 6.45) is 3.89. The fraction of sp³-hybridized carbons (Fsp3) is 0.435. The lowest BCUT2D eigenvalue weighted by Gasteiger charge is -2.46. The Labute approximate surface area is 187 Å². The molecule has 0 unspecified atom stereocenters. The zero-order valence-corrected chi connectivity index (χ0v) is 18.9. The molecule has 2 atom stereocenters. The van der Waals surface area contributed by atoms with Crippen LogP contribution in [-0.2, 0) is 4.79 Å². The second-order valence-electron chi connectivity index (χ2n) is 7.15. The molecule has 2 fully saturated rings. The number of nitrogens with two attached hydrogens (primary N) is 1. The summed E-state index contributed by atoms with van der Waals surface area (Å²) in [7, 11) is 0.500. The fourth-order valence-electron chi connectivity index (χ4n) is 3.33. The lowest BCUT2D eigenvalue weighted by atomic mass is 9.90. The van der Waals surface area contributed by atoms with Gasteiger partial charge in [-0.1, -0.05) is 25.1 Å². The number of hydrogen-bond donors (Lipinski definition) is 2. The summed E-state index contributed by atoms with van der Waals surface area (Å²) in [6, 6.07) is 9.09. The van der Waals surface area contributed by atoms with Crippen molar-refractivity contribution in [2.24, 2.45) is 17.6 Å². The van der Waals surface area contributed by atoms with Crippen molar-refractivity contribution < 1.29 is 22.4 Å². The Kier molecular flexibility index (Phi) is 11.6. The molecule has 1 aliphatic heterocycles. The van der Waals surface area contributed by atoms with E-state index < -0.39 is 17.5 Å². The summed E-state index contributed by atoms with van der Waals surface area (Å²) >= 11 is 3.53. The van der Waals surface area contributed by atoms with Gasteiger partial charge >= 0.3 is 0 Å². The third kappa shape index (κ3) is 7.25. The van der Waals surface area contributed by atoms with Gasteiger partial charge < -0.3 is 10.6 Å². The van der Waals surface area contributed by atoms with Gasteiger partial charge in [-0.15, -0.1) is 0 Å². The molecule has 0 radical (unpaired) electrons. The zero-order chi connectivity index (χ0) is 23.6. The number of benzene rings is 2. The summed E-state index contributed by atoms with van der Waals surface area (Å²) < 4.78 is 49.0. The van der Waals surface area contributed by atoms with Gasteiger partial charge in [-0.3, -0.25) is 9.18 Å². The van der Waals surface area contributed by atoms with Gasteiger partial charge in [0.05, 0.1) is 12.7 Å². The maximum atomic E-state index is 13.3. The number of carbonyl (C=O) groups excluding carboxylic acids is 1. The molecule has 172 valence electrons. The Morgan fingerprint density at radius 2 is 1.61 bits per heavy atom. The van der Waals surface area contributed by atoms with E-state index in [1.165, 1.54) is 24.3 Å². The normalized spacial score (nSPS) is 18.8. The molecule has 2 aliphatic rings. The predicted octanol–water partition coefficient (Wildman–Crippen LogP) is 5.10. The second kappa shape index (κ2) is 13.4. The van der Waals surface area contributed by atoms with Gasteiger partial charge in [0, 0.05) is 25.0 Å². The number of halogens is 4. The number of amides is 1. The lowest BCUT2D eigenvalue weighted by molar-refractivity contribution is -0.143. The van der Waals surface area contributed by atoms with Crippen molar-refractivity contribution in [3.8, 4) is 11.1 Å². The standard InChI is InChI=1S/C12H7F3.C9H16N2O.CH3F.CH4S/c13-9-4-1-3-8(7-9)12-10(14)5-2-6-11(12)15;1-6-5-11(8(6)4-10)9(12)7-2-3-7;2*1-2/h1-7H;6-8H,2-5,10H2,1H3;1H3;2H,1H3/t;6-,8-;;/m.1../s1. The second-order valence-corrected chi connectivity index (χ2v) is 7.15. The van der Waals surface area contributed by atoms with Crippen molar-refractivity contribution in [3.63, 3.8) is 0 Å². The minimum Gasteiger partial charge on any atom is -0.338 e. The third-order valence-electron chi connectivity index (χ3n) is 5.07. The van der Waals surface area contributed by atoms with Crippen LogP contribution in [0.25, 0.3) is 11.1 Å². The number of rotatable bonds is 3. The van der Waals surface area contributed by atoms with Crippen LogP contribution in [0.5, 0.6) is 0 Å². The molecule has 0 spiro atoms. The fourth-order valence-corrected chi connectivity index (χ4v) is 3.33. The van der Waals surface area contributed by atoms with E-state index in [1.54, 1.807) is 6.26 Å². The van der Waals surface area contributed by atoms with Gasteiger partial charge in [-0.05, 0) is 54.8 Å². The van der Waals surface area contributed by atoms with E-state index in [4.69, 9.17) is 5.73 Å². The minimum absolute atomic E-state index is 0.197. The Hall–Kier alpha value is -2.06. The van der Waals surface area contributed by atoms with E-state index in [1.807, 2.05) is 4.90 Å². The SMILES string of the molecule is CF.CS.C[C@@H]1CN(C(=O)C2CC2)[C@@H]1CN.Fc1cccc(-c2c(F)cccc2F)c1. The molecule has 2 N–H and O–H groups in total. The topological polar surface area (TPSA) is 46.3 Å². The van der Waals surface area contributed by atoms with E-state index in [2.05, 4.69) is 19.6 Å². The molecule has 1 saturated heterocycles. The maximum absolute atomic E-state index is 13.3. The minimum atomic E-state index is -0.694. The van der Waals surface area contributed by atoms with Crippen molar-refractivity contribution in [1.29, 1.82) is 0 Å². The largest absolute Gasteiger partial charge is 0.338 e. The molecular weight excluding hydrogens is 428 g/mol. The Balaban J connectivity index is 0.000000272. The molecule has 0 aromatic heterocycles. The van der Waals surface area contributed by atoms with Crippen molar-refractivity contribution in [3.05, 3.63) is 59.9 Å². The first-order valence-corrected chi connectivity index (χ1v) is 10.8. The molecule has 1 amide bonds. The van der Waals surface area contributed by atoms with Crippen LogP contribution in [0.3, 0.4) is 0 Å². The highest BCUT2D eigenvalue weighted by Crippen LogP contribution is 2.35. The van der Waals surface area contributed by atoms with Crippen LogP contribution in [0.15, 0.2) is 42.5 Å². The third-order valence-corrected chi connectivity index (χ3v) is 5.07. The summed E-state index contributed by atoms with van der Waals surface area (Å²) in [5.74, 6) is -0.593. The van der Waals surface area contributed by atoms with Crippen LogP contribution < -0.4 is 5.73 Å². The monoisotopic (exact) mass is 458 g/mol. The van der Waals surface area contributed by atoms with Crippen LogP contribution in [0.4, 0.5) is 17.6 Å². The van der Waals surface area contributed by atoms with Gasteiger partial charge in [0.25, 0.3) is 0 Å². The lowest BCUT2D eigenvalue weighted by Crippen LogP contribution is -2.61. The van der Waals surface area contributed by atoms with Crippen LogP contribution >= 0.6 is 12.6 Å². The van der Waals surface area contributed by atoms with Gasteiger partial charge in [0.1, 0.15) is 17.5 Å².